The van der Waals surface area contributed by atoms with Crippen LogP contribution in [0, 0.1) is 0 Å². The molecule has 0 aromatic heterocycles. The summed E-state index contributed by atoms with van der Waals surface area (Å²) in [7, 11) is -3.30. The van der Waals surface area contributed by atoms with Crippen molar-refractivity contribution in [3.8, 4) is 0 Å². The summed E-state index contributed by atoms with van der Waals surface area (Å²) in [6, 6.07) is 0. The van der Waals surface area contributed by atoms with E-state index in [9.17, 15) is 13.2 Å². The van der Waals surface area contributed by atoms with Crippen molar-refractivity contribution in [3.63, 3.8) is 0 Å². The molecule has 6 heteroatoms. The number of carbonyl (C=O) groups is 1. The van der Waals surface area contributed by atoms with E-state index >= 15 is 0 Å². The van der Waals surface area contributed by atoms with E-state index in [4.69, 9.17) is 4.74 Å². The van der Waals surface area contributed by atoms with Gasteiger partial charge in [0.2, 0.25) is 0 Å². The second-order valence-corrected chi connectivity index (χ2v) is 4.92. The van der Waals surface area contributed by atoms with Gasteiger partial charge in [-0.25, -0.2) is 0 Å². The average Bonchev–Trinajstić information content (AvgIpc) is 2.07. The fraction of sp³-hybridized carbons (Fsp3) is 0.889. The van der Waals surface area contributed by atoms with Gasteiger partial charge in [0.05, 0.1) is 19.5 Å². The molecule has 5 nitrogen and oxygen atoms in total. The molecule has 0 heterocycles. The molecule has 0 fully saturated rings. The molecular formula is C9H18O5S. The normalized spacial score (nSPS) is 11.3. The van der Waals surface area contributed by atoms with E-state index in [0.29, 0.717) is 13.0 Å². The molecular weight excluding hydrogens is 220 g/mol. The summed E-state index contributed by atoms with van der Waals surface area (Å²) in [6.07, 6.45) is 4.32. The van der Waals surface area contributed by atoms with Gasteiger partial charge in [0, 0.05) is 6.92 Å². The molecule has 0 aliphatic rings. The summed E-state index contributed by atoms with van der Waals surface area (Å²) in [5.41, 5.74) is 0. The van der Waals surface area contributed by atoms with Crippen molar-refractivity contribution in [2.45, 2.75) is 32.6 Å². The van der Waals surface area contributed by atoms with Crippen LogP contribution in [0.3, 0.4) is 0 Å². The van der Waals surface area contributed by atoms with Crippen LogP contribution in [-0.2, 0) is 23.8 Å². The van der Waals surface area contributed by atoms with Crippen molar-refractivity contribution >= 4 is 16.1 Å². The Morgan fingerprint density at radius 3 is 2.07 bits per heavy atom. The minimum Gasteiger partial charge on any atom is -0.466 e. The largest absolute Gasteiger partial charge is 0.466 e. The highest BCUT2D eigenvalue weighted by Crippen LogP contribution is 2.01. The first kappa shape index (κ1) is 14.4. The van der Waals surface area contributed by atoms with E-state index < -0.39 is 10.1 Å². The zero-order chi connectivity index (χ0) is 11.7. The lowest BCUT2D eigenvalue weighted by atomic mass is 10.2. The van der Waals surface area contributed by atoms with Gasteiger partial charge in [-0.15, -0.1) is 0 Å². The molecule has 15 heavy (non-hydrogen) atoms. The zero-order valence-electron chi connectivity index (χ0n) is 9.19. The fourth-order valence-corrected chi connectivity index (χ4v) is 1.40. The molecule has 0 saturated heterocycles. The van der Waals surface area contributed by atoms with Gasteiger partial charge < -0.3 is 4.74 Å². The van der Waals surface area contributed by atoms with Crippen molar-refractivity contribution in [1.82, 2.24) is 0 Å². The number of hydrogen-bond acceptors (Lipinski definition) is 5. The Bertz CT molecular complexity index is 270. The average molecular weight is 238 g/mol. The van der Waals surface area contributed by atoms with Crippen LogP contribution >= 0.6 is 0 Å². The molecule has 0 aromatic rings. The first-order chi connectivity index (χ1) is 6.92. The molecule has 0 spiro atoms. The molecule has 0 bridgehead atoms. The zero-order valence-corrected chi connectivity index (χ0v) is 10.0. The van der Waals surface area contributed by atoms with Gasteiger partial charge in [0.1, 0.15) is 0 Å². The monoisotopic (exact) mass is 238 g/mol. The van der Waals surface area contributed by atoms with Gasteiger partial charge >= 0.3 is 5.97 Å². The number of carbonyl (C=O) groups excluding carboxylic acids is 1. The van der Waals surface area contributed by atoms with E-state index in [1.54, 1.807) is 0 Å². The summed E-state index contributed by atoms with van der Waals surface area (Å²) in [5, 5.41) is 0. The van der Waals surface area contributed by atoms with Gasteiger partial charge in [-0.2, -0.15) is 8.42 Å². The first-order valence-electron chi connectivity index (χ1n) is 4.89. The highest BCUT2D eigenvalue weighted by atomic mass is 32.2. The number of unbranched alkanes of at least 4 members (excludes halogenated alkanes) is 3. The molecule has 0 aromatic carbocycles. The van der Waals surface area contributed by atoms with Crippen molar-refractivity contribution in [2.24, 2.45) is 0 Å². The Morgan fingerprint density at radius 1 is 1.07 bits per heavy atom. The Morgan fingerprint density at radius 2 is 1.60 bits per heavy atom. The smallest absolute Gasteiger partial charge is 0.302 e. The molecule has 0 unspecified atom stereocenters. The minimum absolute atomic E-state index is 0.229. The Kier molecular flexibility index (Phi) is 7.33. The molecule has 0 amide bonds. The number of rotatable bonds is 8. The summed E-state index contributed by atoms with van der Waals surface area (Å²) in [6.45, 7) is 2.04. The second kappa shape index (κ2) is 7.64. The van der Waals surface area contributed by atoms with Crippen LogP contribution in [0.25, 0.3) is 0 Å². The van der Waals surface area contributed by atoms with Crippen LogP contribution in [0.2, 0.25) is 0 Å². The van der Waals surface area contributed by atoms with E-state index in [0.717, 1.165) is 25.5 Å². The van der Waals surface area contributed by atoms with Crippen LogP contribution in [0.15, 0.2) is 0 Å². The lowest BCUT2D eigenvalue weighted by Gasteiger charge is -2.02. The maximum Gasteiger partial charge on any atom is 0.302 e. The van der Waals surface area contributed by atoms with Crippen molar-refractivity contribution < 1.29 is 22.1 Å². The number of esters is 1. The summed E-state index contributed by atoms with van der Waals surface area (Å²) >= 11 is 0. The molecule has 0 atom stereocenters. The summed E-state index contributed by atoms with van der Waals surface area (Å²) < 4.78 is 30.4. The lowest BCUT2D eigenvalue weighted by molar-refractivity contribution is -0.141. The van der Waals surface area contributed by atoms with Gasteiger partial charge in [-0.1, -0.05) is 6.42 Å². The third-order valence-electron chi connectivity index (χ3n) is 1.64. The summed E-state index contributed by atoms with van der Waals surface area (Å²) in [4.78, 5) is 10.4. The lowest BCUT2D eigenvalue weighted by Crippen LogP contribution is -2.04. The Balaban J connectivity index is 3.16. The van der Waals surface area contributed by atoms with Gasteiger partial charge in [0.15, 0.2) is 0 Å². The van der Waals surface area contributed by atoms with E-state index in [-0.39, 0.29) is 12.6 Å². The van der Waals surface area contributed by atoms with Gasteiger partial charge in [-0.3, -0.25) is 8.98 Å². The molecule has 0 aliphatic heterocycles. The number of hydrogen-bond donors (Lipinski definition) is 0. The van der Waals surface area contributed by atoms with E-state index in [1.165, 1.54) is 6.92 Å². The molecule has 0 N–H and O–H groups in total. The second-order valence-electron chi connectivity index (χ2n) is 3.28. The Labute approximate surface area is 90.9 Å². The van der Waals surface area contributed by atoms with Crippen molar-refractivity contribution in [3.05, 3.63) is 0 Å². The topological polar surface area (TPSA) is 69.7 Å². The van der Waals surface area contributed by atoms with Crippen LogP contribution in [-0.4, -0.2) is 33.9 Å². The quantitative estimate of drug-likeness (QED) is 0.359. The molecule has 0 aliphatic carbocycles. The maximum atomic E-state index is 10.6. The van der Waals surface area contributed by atoms with Crippen LogP contribution < -0.4 is 0 Å². The fourth-order valence-electron chi connectivity index (χ4n) is 0.984. The third-order valence-corrected chi connectivity index (χ3v) is 2.24. The van der Waals surface area contributed by atoms with Gasteiger partial charge in [0.25, 0.3) is 10.1 Å². The van der Waals surface area contributed by atoms with E-state index in [1.807, 2.05) is 0 Å². The maximum absolute atomic E-state index is 10.6. The highest BCUT2D eigenvalue weighted by molar-refractivity contribution is 7.85. The van der Waals surface area contributed by atoms with Crippen molar-refractivity contribution in [2.75, 3.05) is 19.5 Å². The third kappa shape index (κ3) is 13.4. The molecule has 90 valence electrons. The first-order valence-corrected chi connectivity index (χ1v) is 6.71. The van der Waals surface area contributed by atoms with Crippen LogP contribution in [0.5, 0.6) is 0 Å². The highest BCUT2D eigenvalue weighted by Gasteiger charge is 2.00. The number of ether oxygens (including phenoxy) is 1. The standard InChI is InChI=1S/C9H18O5S/c1-9(10)13-7-5-3-4-6-8-14-15(2,11)12/h3-8H2,1-2H3. The molecule has 0 rings (SSSR count). The molecule has 0 radical (unpaired) electrons. The van der Waals surface area contributed by atoms with Crippen LogP contribution in [0.1, 0.15) is 32.6 Å². The predicted molar refractivity (Wildman–Crippen MR) is 55.9 cm³/mol. The van der Waals surface area contributed by atoms with Gasteiger partial charge in [-0.05, 0) is 19.3 Å². The van der Waals surface area contributed by atoms with E-state index in [2.05, 4.69) is 4.18 Å². The predicted octanol–water partition coefficient (Wildman–Crippen LogP) is 1.09. The Hall–Kier alpha value is -0.620. The SMILES string of the molecule is CC(=O)OCCCCCCOS(C)(=O)=O. The summed E-state index contributed by atoms with van der Waals surface area (Å²) in [5.74, 6) is -0.268. The minimum atomic E-state index is -3.30. The van der Waals surface area contributed by atoms with Crippen LogP contribution in [0.4, 0.5) is 0 Å². The van der Waals surface area contributed by atoms with Crippen molar-refractivity contribution in [1.29, 1.82) is 0 Å². The molecule has 0 saturated carbocycles.